The Bertz CT molecular complexity index is 939. The van der Waals surface area contributed by atoms with Crippen LogP contribution in [0.1, 0.15) is 0 Å². The smallest absolute Gasteiger partial charge is 0.233 e. The molecule has 6 nitrogen and oxygen atoms in total. The van der Waals surface area contributed by atoms with Crippen LogP contribution in [0.25, 0.3) is 10.6 Å². The number of thioether (sulfide) groups is 1. The first-order valence-corrected chi connectivity index (χ1v) is 11.2. The van der Waals surface area contributed by atoms with E-state index in [0.717, 1.165) is 46.8 Å². The quantitative estimate of drug-likeness (QED) is 0.561. The second kappa shape index (κ2) is 9.28. The van der Waals surface area contributed by atoms with Gasteiger partial charge in [0.05, 0.1) is 12.9 Å². The number of nitrogens with zero attached hydrogens (tertiary/aromatic N) is 4. The number of benzene rings is 2. The SMILES string of the molecule is COc1ccc(-c2nnc(SCC(=O)N3CCN(c4ccccc4)CC3)s2)cc1. The molecule has 2 heterocycles. The van der Waals surface area contributed by atoms with E-state index in [1.807, 2.05) is 47.4 Å². The Kier molecular flexibility index (Phi) is 6.31. The Hall–Kier alpha value is -2.58. The topological polar surface area (TPSA) is 58.6 Å². The van der Waals surface area contributed by atoms with Gasteiger partial charge in [-0.1, -0.05) is 41.3 Å². The molecular formula is C21H22N4O2S2. The Morgan fingerprint density at radius 1 is 1.03 bits per heavy atom. The van der Waals surface area contributed by atoms with E-state index in [9.17, 15) is 4.79 Å². The van der Waals surface area contributed by atoms with Crippen LogP contribution in [0.15, 0.2) is 58.9 Å². The predicted octanol–water partition coefficient (Wildman–Crippen LogP) is 3.65. The summed E-state index contributed by atoms with van der Waals surface area (Å²) < 4.78 is 5.99. The van der Waals surface area contributed by atoms with Crippen LogP contribution >= 0.6 is 23.1 Å². The molecule has 3 aromatic rings. The minimum Gasteiger partial charge on any atom is -0.497 e. The van der Waals surface area contributed by atoms with Crippen molar-refractivity contribution in [1.29, 1.82) is 0 Å². The first-order chi connectivity index (χ1) is 14.2. The molecule has 0 saturated carbocycles. The van der Waals surface area contributed by atoms with Gasteiger partial charge in [-0.3, -0.25) is 4.79 Å². The highest BCUT2D eigenvalue weighted by molar-refractivity contribution is 8.01. The summed E-state index contributed by atoms with van der Waals surface area (Å²) in [7, 11) is 1.65. The third-order valence-electron chi connectivity index (χ3n) is 4.82. The molecule has 1 aliphatic rings. The minimum absolute atomic E-state index is 0.156. The monoisotopic (exact) mass is 426 g/mol. The molecule has 0 atom stereocenters. The Labute approximate surface area is 178 Å². The Balaban J connectivity index is 1.27. The van der Waals surface area contributed by atoms with Gasteiger partial charge in [0.15, 0.2) is 4.34 Å². The summed E-state index contributed by atoms with van der Waals surface area (Å²) in [4.78, 5) is 16.9. The Morgan fingerprint density at radius 2 is 1.76 bits per heavy atom. The summed E-state index contributed by atoms with van der Waals surface area (Å²) in [5.74, 6) is 1.36. The number of para-hydroxylation sites is 1. The average molecular weight is 427 g/mol. The van der Waals surface area contributed by atoms with Crippen molar-refractivity contribution in [3.05, 3.63) is 54.6 Å². The van der Waals surface area contributed by atoms with Gasteiger partial charge in [-0.15, -0.1) is 10.2 Å². The van der Waals surface area contributed by atoms with Gasteiger partial charge in [-0.25, -0.2) is 0 Å². The van der Waals surface area contributed by atoms with Gasteiger partial charge in [0.1, 0.15) is 10.8 Å². The van der Waals surface area contributed by atoms with Crippen molar-refractivity contribution in [3.63, 3.8) is 0 Å². The normalized spacial score (nSPS) is 14.1. The molecule has 1 aliphatic heterocycles. The maximum Gasteiger partial charge on any atom is 0.233 e. The summed E-state index contributed by atoms with van der Waals surface area (Å²) in [6.45, 7) is 3.23. The maximum atomic E-state index is 12.6. The number of ether oxygens (including phenoxy) is 1. The lowest BCUT2D eigenvalue weighted by molar-refractivity contribution is -0.128. The molecule has 4 rings (SSSR count). The first-order valence-electron chi connectivity index (χ1n) is 9.41. The number of methoxy groups -OCH3 is 1. The first kappa shape index (κ1) is 19.7. The lowest BCUT2D eigenvalue weighted by Crippen LogP contribution is -2.49. The summed E-state index contributed by atoms with van der Waals surface area (Å²) >= 11 is 2.96. The summed E-state index contributed by atoms with van der Waals surface area (Å²) in [5, 5.41) is 9.32. The molecule has 1 fully saturated rings. The van der Waals surface area contributed by atoms with Crippen molar-refractivity contribution in [2.24, 2.45) is 0 Å². The number of hydrogen-bond donors (Lipinski definition) is 0. The number of piperazine rings is 1. The zero-order chi connectivity index (χ0) is 20.1. The number of anilines is 1. The zero-order valence-electron chi connectivity index (χ0n) is 16.2. The molecule has 1 saturated heterocycles. The molecule has 0 N–H and O–H groups in total. The highest BCUT2D eigenvalue weighted by atomic mass is 32.2. The van der Waals surface area contributed by atoms with E-state index < -0.39 is 0 Å². The van der Waals surface area contributed by atoms with Crippen LogP contribution in [0.5, 0.6) is 5.75 Å². The van der Waals surface area contributed by atoms with E-state index in [1.54, 1.807) is 7.11 Å². The largest absolute Gasteiger partial charge is 0.497 e. The van der Waals surface area contributed by atoms with Crippen molar-refractivity contribution in [2.45, 2.75) is 4.34 Å². The van der Waals surface area contributed by atoms with Crippen LogP contribution in [0.2, 0.25) is 0 Å². The van der Waals surface area contributed by atoms with Crippen LogP contribution in [0.4, 0.5) is 5.69 Å². The number of carbonyl (C=O) groups is 1. The fourth-order valence-corrected chi connectivity index (χ4v) is 4.95. The standard InChI is InChI=1S/C21H22N4O2S2/c1-27-18-9-7-16(8-10-18)20-22-23-21(29-20)28-15-19(26)25-13-11-24(12-14-25)17-5-3-2-4-6-17/h2-10H,11-15H2,1H3. The van der Waals surface area contributed by atoms with Crippen LogP contribution < -0.4 is 9.64 Å². The molecular weight excluding hydrogens is 404 g/mol. The molecule has 0 radical (unpaired) electrons. The number of hydrogen-bond acceptors (Lipinski definition) is 7. The highest BCUT2D eigenvalue weighted by Gasteiger charge is 2.21. The van der Waals surface area contributed by atoms with Crippen molar-refractivity contribution >= 4 is 34.7 Å². The molecule has 0 unspecified atom stereocenters. The zero-order valence-corrected chi connectivity index (χ0v) is 17.8. The molecule has 29 heavy (non-hydrogen) atoms. The minimum atomic E-state index is 0.156. The molecule has 8 heteroatoms. The van der Waals surface area contributed by atoms with Gasteiger partial charge in [0.2, 0.25) is 5.91 Å². The van der Waals surface area contributed by atoms with Crippen LogP contribution in [0, 0.1) is 0 Å². The van der Waals surface area contributed by atoms with Crippen LogP contribution in [-0.4, -0.2) is 60.0 Å². The van der Waals surface area contributed by atoms with Crippen molar-refractivity contribution < 1.29 is 9.53 Å². The molecule has 1 amide bonds. The number of aromatic nitrogens is 2. The second-order valence-corrected chi connectivity index (χ2v) is 8.79. The van der Waals surface area contributed by atoms with Gasteiger partial charge < -0.3 is 14.5 Å². The van der Waals surface area contributed by atoms with E-state index in [4.69, 9.17) is 4.74 Å². The van der Waals surface area contributed by atoms with Crippen molar-refractivity contribution in [1.82, 2.24) is 15.1 Å². The summed E-state index contributed by atoms with van der Waals surface area (Å²) in [5.41, 5.74) is 2.22. The van der Waals surface area contributed by atoms with Gasteiger partial charge in [0.25, 0.3) is 0 Å². The second-order valence-electron chi connectivity index (χ2n) is 6.59. The maximum absolute atomic E-state index is 12.6. The van der Waals surface area contributed by atoms with Crippen molar-refractivity contribution in [2.75, 3.05) is 43.9 Å². The molecule has 0 bridgehead atoms. The average Bonchev–Trinajstić information content (AvgIpc) is 3.27. The Morgan fingerprint density at radius 3 is 2.45 bits per heavy atom. The third-order valence-corrected chi connectivity index (χ3v) is 6.91. The van der Waals surface area contributed by atoms with Crippen molar-refractivity contribution in [3.8, 4) is 16.3 Å². The predicted molar refractivity (Wildman–Crippen MR) is 118 cm³/mol. The van der Waals surface area contributed by atoms with Gasteiger partial charge >= 0.3 is 0 Å². The summed E-state index contributed by atoms with van der Waals surface area (Å²) in [6, 6.07) is 18.1. The molecule has 150 valence electrons. The van der Waals surface area contributed by atoms with Gasteiger partial charge in [0, 0.05) is 37.4 Å². The molecule has 0 spiro atoms. The van der Waals surface area contributed by atoms with E-state index in [-0.39, 0.29) is 5.91 Å². The number of amides is 1. The summed E-state index contributed by atoms with van der Waals surface area (Å²) in [6.07, 6.45) is 0. The lowest BCUT2D eigenvalue weighted by atomic mass is 10.2. The fraction of sp³-hybridized carbons (Fsp3) is 0.286. The van der Waals surface area contributed by atoms with E-state index in [2.05, 4.69) is 27.2 Å². The molecule has 1 aromatic heterocycles. The van der Waals surface area contributed by atoms with Crippen LogP contribution in [-0.2, 0) is 4.79 Å². The number of carbonyl (C=O) groups excluding carboxylic acids is 1. The van der Waals surface area contributed by atoms with Gasteiger partial charge in [-0.2, -0.15) is 0 Å². The van der Waals surface area contributed by atoms with E-state index in [1.165, 1.54) is 28.8 Å². The van der Waals surface area contributed by atoms with E-state index >= 15 is 0 Å². The third kappa shape index (κ3) is 4.89. The molecule has 0 aliphatic carbocycles. The lowest BCUT2D eigenvalue weighted by Gasteiger charge is -2.36. The molecule has 2 aromatic carbocycles. The van der Waals surface area contributed by atoms with Crippen LogP contribution in [0.3, 0.4) is 0 Å². The number of rotatable bonds is 6. The fourth-order valence-electron chi connectivity index (χ4n) is 3.19. The van der Waals surface area contributed by atoms with E-state index in [0.29, 0.717) is 5.75 Å². The highest BCUT2D eigenvalue weighted by Crippen LogP contribution is 2.30. The van der Waals surface area contributed by atoms with Gasteiger partial charge in [-0.05, 0) is 36.4 Å².